The predicted molar refractivity (Wildman–Crippen MR) is 94.5 cm³/mol. The summed E-state index contributed by atoms with van der Waals surface area (Å²) < 4.78 is 29.3. The Balaban J connectivity index is 1.70. The van der Waals surface area contributed by atoms with Crippen molar-refractivity contribution in [3.05, 3.63) is 59.7 Å². The van der Waals surface area contributed by atoms with Gasteiger partial charge in [-0.2, -0.15) is 4.98 Å². The number of halogens is 1. The molecular weight excluding hydrogens is 337 g/mol. The van der Waals surface area contributed by atoms with Gasteiger partial charge in [-0.05, 0) is 37.3 Å². The number of aromatic nitrogens is 2. The van der Waals surface area contributed by atoms with E-state index in [2.05, 4.69) is 15.5 Å². The number of nitrogens with one attached hydrogen (secondary N) is 1. The van der Waals surface area contributed by atoms with Gasteiger partial charge in [-0.1, -0.05) is 17.3 Å². The molecule has 1 aromatic heterocycles. The lowest BCUT2D eigenvalue weighted by atomic mass is 10.1. The van der Waals surface area contributed by atoms with Crippen LogP contribution in [0, 0.1) is 5.82 Å². The third-order valence-corrected chi connectivity index (χ3v) is 3.98. The van der Waals surface area contributed by atoms with Crippen LogP contribution >= 0.6 is 0 Å². The van der Waals surface area contributed by atoms with Gasteiger partial charge < -0.3 is 19.3 Å². The molecule has 0 bridgehead atoms. The molecule has 3 aromatic rings. The molecule has 1 heterocycles. The van der Waals surface area contributed by atoms with Gasteiger partial charge in [0.2, 0.25) is 11.7 Å². The van der Waals surface area contributed by atoms with E-state index < -0.39 is 0 Å². The summed E-state index contributed by atoms with van der Waals surface area (Å²) in [5, 5.41) is 7.24. The highest BCUT2D eigenvalue weighted by Crippen LogP contribution is 2.25. The number of nitrogens with zero attached hydrogens (tertiary/aromatic N) is 2. The van der Waals surface area contributed by atoms with Crippen molar-refractivity contribution in [3.63, 3.8) is 0 Å². The molecule has 136 valence electrons. The quantitative estimate of drug-likeness (QED) is 0.695. The van der Waals surface area contributed by atoms with Gasteiger partial charge in [0.25, 0.3) is 0 Å². The van der Waals surface area contributed by atoms with Crippen molar-refractivity contribution in [2.24, 2.45) is 0 Å². The van der Waals surface area contributed by atoms with Crippen molar-refractivity contribution in [3.8, 4) is 22.9 Å². The number of methoxy groups -OCH3 is 2. The molecule has 3 rings (SSSR count). The summed E-state index contributed by atoms with van der Waals surface area (Å²) >= 11 is 0. The first-order chi connectivity index (χ1) is 12.6. The molecule has 2 aromatic carbocycles. The van der Waals surface area contributed by atoms with Gasteiger partial charge in [0.1, 0.15) is 17.3 Å². The second-order valence-electron chi connectivity index (χ2n) is 5.75. The maximum absolute atomic E-state index is 13.3. The van der Waals surface area contributed by atoms with Crippen molar-refractivity contribution >= 4 is 0 Å². The first-order valence-electron chi connectivity index (χ1n) is 8.14. The summed E-state index contributed by atoms with van der Waals surface area (Å²) in [4.78, 5) is 4.35. The number of hydrogen-bond donors (Lipinski definition) is 1. The van der Waals surface area contributed by atoms with E-state index in [1.807, 2.05) is 25.1 Å². The fourth-order valence-electron chi connectivity index (χ4n) is 2.53. The Morgan fingerprint density at radius 2 is 2.00 bits per heavy atom. The van der Waals surface area contributed by atoms with Crippen LogP contribution < -0.4 is 14.8 Å². The average Bonchev–Trinajstić information content (AvgIpc) is 3.16. The second-order valence-corrected chi connectivity index (χ2v) is 5.75. The molecular formula is C19H20FN3O3. The standard InChI is InChI=1S/C19H20FN3O3/c1-12(21-11-14-10-16(24-2)7-8-17(14)25-3)19-22-18(23-26-19)13-5-4-6-15(20)9-13/h4-10,12,21H,11H2,1-3H3. The fraction of sp³-hybridized carbons (Fsp3) is 0.263. The molecule has 1 atom stereocenters. The minimum Gasteiger partial charge on any atom is -0.497 e. The highest BCUT2D eigenvalue weighted by atomic mass is 19.1. The van der Waals surface area contributed by atoms with Crippen LogP contribution in [-0.4, -0.2) is 24.4 Å². The Bertz CT molecular complexity index is 882. The Kier molecular flexibility index (Phi) is 5.48. The summed E-state index contributed by atoms with van der Waals surface area (Å²) in [7, 11) is 3.24. The molecule has 0 radical (unpaired) electrons. The molecule has 7 heteroatoms. The summed E-state index contributed by atoms with van der Waals surface area (Å²) in [6, 6.07) is 11.5. The normalized spacial score (nSPS) is 12.0. The summed E-state index contributed by atoms with van der Waals surface area (Å²) in [5.74, 6) is 1.95. The van der Waals surface area contributed by atoms with Crippen LogP contribution in [0.1, 0.15) is 24.4 Å². The molecule has 0 saturated heterocycles. The highest BCUT2D eigenvalue weighted by Gasteiger charge is 2.16. The monoisotopic (exact) mass is 357 g/mol. The van der Waals surface area contributed by atoms with E-state index in [9.17, 15) is 4.39 Å². The van der Waals surface area contributed by atoms with Gasteiger partial charge in [-0.3, -0.25) is 0 Å². The smallest absolute Gasteiger partial charge is 0.243 e. The zero-order valence-electron chi connectivity index (χ0n) is 14.8. The molecule has 0 fully saturated rings. The molecule has 0 amide bonds. The van der Waals surface area contributed by atoms with E-state index in [-0.39, 0.29) is 11.9 Å². The number of rotatable bonds is 7. The lowest BCUT2D eigenvalue weighted by Crippen LogP contribution is -2.18. The lowest BCUT2D eigenvalue weighted by molar-refractivity contribution is 0.337. The van der Waals surface area contributed by atoms with E-state index >= 15 is 0 Å². The molecule has 0 aliphatic rings. The van der Waals surface area contributed by atoms with Gasteiger partial charge in [-0.25, -0.2) is 4.39 Å². The Morgan fingerprint density at radius 3 is 2.73 bits per heavy atom. The second kappa shape index (κ2) is 7.97. The zero-order chi connectivity index (χ0) is 18.5. The Morgan fingerprint density at radius 1 is 1.15 bits per heavy atom. The van der Waals surface area contributed by atoms with Crippen molar-refractivity contribution in [2.75, 3.05) is 14.2 Å². The summed E-state index contributed by atoms with van der Waals surface area (Å²) in [6.45, 7) is 2.44. The minimum atomic E-state index is -0.342. The molecule has 6 nitrogen and oxygen atoms in total. The van der Waals surface area contributed by atoms with Crippen LogP contribution in [0.25, 0.3) is 11.4 Å². The van der Waals surface area contributed by atoms with Gasteiger partial charge in [-0.15, -0.1) is 0 Å². The third-order valence-electron chi connectivity index (χ3n) is 3.98. The Labute approximate surface area is 150 Å². The zero-order valence-corrected chi connectivity index (χ0v) is 14.8. The van der Waals surface area contributed by atoms with Crippen molar-refractivity contribution < 1.29 is 18.4 Å². The van der Waals surface area contributed by atoms with Gasteiger partial charge in [0, 0.05) is 17.7 Å². The van der Waals surface area contributed by atoms with Gasteiger partial charge in [0.15, 0.2) is 0 Å². The van der Waals surface area contributed by atoms with Gasteiger partial charge in [0.05, 0.1) is 20.3 Å². The minimum absolute atomic E-state index is 0.194. The van der Waals surface area contributed by atoms with Crippen LogP contribution in [0.3, 0.4) is 0 Å². The summed E-state index contributed by atoms with van der Waals surface area (Å²) in [5.41, 5.74) is 1.52. The van der Waals surface area contributed by atoms with E-state index in [1.165, 1.54) is 12.1 Å². The summed E-state index contributed by atoms with van der Waals surface area (Å²) in [6.07, 6.45) is 0. The average molecular weight is 357 g/mol. The molecule has 0 aliphatic heterocycles. The van der Waals surface area contributed by atoms with Gasteiger partial charge >= 0.3 is 0 Å². The number of benzene rings is 2. The predicted octanol–water partition coefficient (Wildman–Crippen LogP) is 3.74. The molecule has 0 aliphatic carbocycles. The first-order valence-corrected chi connectivity index (χ1v) is 8.14. The van der Waals surface area contributed by atoms with Crippen molar-refractivity contribution in [1.82, 2.24) is 15.5 Å². The fourth-order valence-corrected chi connectivity index (χ4v) is 2.53. The van der Waals surface area contributed by atoms with Crippen LogP contribution in [0.5, 0.6) is 11.5 Å². The largest absolute Gasteiger partial charge is 0.497 e. The molecule has 1 unspecified atom stereocenters. The molecule has 1 N–H and O–H groups in total. The highest BCUT2D eigenvalue weighted by molar-refractivity contribution is 5.53. The maximum Gasteiger partial charge on any atom is 0.243 e. The van der Waals surface area contributed by atoms with Crippen LogP contribution in [0.15, 0.2) is 47.0 Å². The van der Waals surface area contributed by atoms with Crippen LogP contribution in [0.2, 0.25) is 0 Å². The molecule has 0 saturated carbocycles. The van der Waals surface area contributed by atoms with Crippen LogP contribution in [-0.2, 0) is 6.54 Å². The molecule has 26 heavy (non-hydrogen) atoms. The van der Waals surface area contributed by atoms with E-state index in [0.29, 0.717) is 23.8 Å². The van der Waals surface area contributed by atoms with Crippen molar-refractivity contribution in [1.29, 1.82) is 0 Å². The third kappa shape index (κ3) is 4.00. The number of hydrogen-bond acceptors (Lipinski definition) is 6. The molecule has 0 spiro atoms. The Hall–Kier alpha value is -2.93. The topological polar surface area (TPSA) is 69.4 Å². The maximum atomic E-state index is 13.3. The van der Waals surface area contributed by atoms with E-state index in [0.717, 1.165) is 17.1 Å². The lowest BCUT2D eigenvalue weighted by Gasteiger charge is -2.13. The van der Waals surface area contributed by atoms with E-state index in [1.54, 1.807) is 26.4 Å². The van der Waals surface area contributed by atoms with Crippen LogP contribution in [0.4, 0.5) is 4.39 Å². The first kappa shape index (κ1) is 17.9. The SMILES string of the molecule is COc1ccc(OC)c(CNC(C)c2nc(-c3cccc(F)c3)no2)c1. The number of ether oxygens (including phenoxy) is 2. The van der Waals surface area contributed by atoms with E-state index in [4.69, 9.17) is 14.0 Å². The van der Waals surface area contributed by atoms with Crippen molar-refractivity contribution in [2.45, 2.75) is 19.5 Å².